The number of aromatic nitrogens is 4. The number of nitrogens with two attached hydrogens (primary N) is 1. The lowest BCUT2D eigenvalue weighted by Crippen LogP contribution is -2.04. The zero-order valence-corrected chi connectivity index (χ0v) is 13.1. The molecule has 0 radical (unpaired) electrons. The Bertz CT molecular complexity index is 1080. The third kappa shape index (κ3) is 2.65. The Morgan fingerprint density at radius 2 is 1.84 bits per heavy atom. The van der Waals surface area contributed by atoms with Crippen LogP contribution in [0.4, 0.5) is 10.2 Å². The number of halogens is 1. The van der Waals surface area contributed by atoms with E-state index in [0.717, 1.165) is 10.9 Å². The Labute approximate surface area is 142 Å². The molecule has 0 saturated carbocycles. The van der Waals surface area contributed by atoms with Gasteiger partial charge in [-0.05, 0) is 12.1 Å². The zero-order valence-electron chi connectivity index (χ0n) is 13.1. The molecule has 0 aliphatic rings. The third-order valence-electron chi connectivity index (χ3n) is 3.95. The molecule has 6 nitrogen and oxygen atoms in total. The summed E-state index contributed by atoms with van der Waals surface area (Å²) in [6, 6.07) is 14.1. The second kappa shape index (κ2) is 5.86. The summed E-state index contributed by atoms with van der Waals surface area (Å²) in [7, 11) is 0. The van der Waals surface area contributed by atoms with Crippen LogP contribution in [-0.2, 0) is 6.54 Å². The van der Waals surface area contributed by atoms with E-state index >= 15 is 0 Å². The lowest BCUT2D eigenvalue weighted by Gasteiger charge is -2.04. The minimum Gasteiger partial charge on any atom is -0.503 e. The van der Waals surface area contributed by atoms with E-state index in [0.29, 0.717) is 17.1 Å². The van der Waals surface area contributed by atoms with E-state index in [1.807, 2.05) is 24.3 Å². The summed E-state index contributed by atoms with van der Waals surface area (Å²) >= 11 is 0. The molecule has 0 amide bonds. The van der Waals surface area contributed by atoms with Gasteiger partial charge in [-0.2, -0.15) is 5.10 Å². The molecule has 2 aromatic carbocycles. The third-order valence-corrected chi connectivity index (χ3v) is 3.95. The monoisotopic (exact) mass is 335 g/mol. The van der Waals surface area contributed by atoms with Gasteiger partial charge < -0.3 is 10.8 Å². The minimum atomic E-state index is -0.284. The first kappa shape index (κ1) is 15.1. The summed E-state index contributed by atoms with van der Waals surface area (Å²) in [5.74, 6) is -0.177. The first-order valence-electron chi connectivity index (χ1n) is 7.64. The van der Waals surface area contributed by atoms with Crippen molar-refractivity contribution in [2.45, 2.75) is 6.54 Å². The SMILES string of the molecule is Nc1nc(-c2nn(Cc3ccccc3F)c3ccccc23)ncc1O. The number of aromatic hydroxyl groups is 1. The van der Waals surface area contributed by atoms with Crippen molar-refractivity contribution in [2.24, 2.45) is 0 Å². The number of benzene rings is 2. The maximum Gasteiger partial charge on any atom is 0.182 e. The molecule has 7 heteroatoms. The molecule has 124 valence electrons. The quantitative estimate of drug-likeness (QED) is 0.601. The van der Waals surface area contributed by atoms with E-state index < -0.39 is 0 Å². The van der Waals surface area contributed by atoms with Gasteiger partial charge in [0.15, 0.2) is 17.4 Å². The summed E-state index contributed by atoms with van der Waals surface area (Å²) in [5, 5.41) is 14.9. The number of para-hydroxylation sites is 1. The van der Waals surface area contributed by atoms with Crippen LogP contribution in [0.1, 0.15) is 5.56 Å². The molecule has 0 bridgehead atoms. The van der Waals surface area contributed by atoms with Crippen LogP contribution in [0.2, 0.25) is 0 Å². The summed E-state index contributed by atoms with van der Waals surface area (Å²) in [6.45, 7) is 0.279. The summed E-state index contributed by atoms with van der Waals surface area (Å²) in [4.78, 5) is 8.20. The Hall–Kier alpha value is -3.48. The van der Waals surface area contributed by atoms with Gasteiger partial charge in [0.05, 0.1) is 18.3 Å². The van der Waals surface area contributed by atoms with Gasteiger partial charge in [-0.3, -0.25) is 4.68 Å². The van der Waals surface area contributed by atoms with Crippen molar-refractivity contribution in [1.29, 1.82) is 0 Å². The van der Waals surface area contributed by atoms with Gasteiger partial charge in [-0.25, -0.2) is 14.4 Å². The van der Waals surface area contributed by atoms with Crippen LogP contribution in [0.3, 0.4) is 0 Å². The molecule has 2 heterocycles. The molecule has 0 aliphatic heterocycles. The van der Waals surface area contributed by atoms with Gasteiger partial charge in [0.2, 0.25) is 0 Å². The largest absolute Gasteiger partial charge is 0.503 e. The second-order valence-corrected chi connectivity index (χ2v) is 5.58. The smallest absolute Gasteiger partial charge is 0.182 e. The number of fused-ring (bicyclic) bond motifs is 1. The Kier molecular flexibility index (Phi) is 3.53. The molecule has 0 unspecified atom stereocenters. The van der Waals surface area contributed by atoms with Gasteiger partial charge in [0.1, 0.15) is 11.5 Å². The highest BCUT2D eigenvalue weighted by Gasteiger charge is 2.16. The number of hydrogen-bond donors (Lipinski definition) is 2. The van der Waals surface area contributed by atoms with Crippen LogP contribution in [0.15, 0.2) is 54.7 Å². The molecule has 2 aromatic heterocycles. The molecule has 0 spiro atoms. The molecule has 0 fully saturated rings. The van der Waals surface area contributed by atoms with Gasteiger partial charge in [-0.1, -0.05) is 36.4 Å². The van der Waals surface area contributed by atoms with Crippen LogP contribution in [0.5, 0.6) is 5.75 Å². The van der Waals surface area contributed by atoms with E-state index in [9.17, 15) is 9.50 Å². The summed E-state index contributed by atoms with van der Waals surface area (Å²) < 4.78 is 15.7. The topological polar surface area (TPSA) is 89.9 Å². The standard InChI is InChI=1S/C18H14FN5O/c19-13-7-3-1-5-11(13)10-24-14-8-4-2-6-12(14)16(23-24)18-21-9-15(25)17(20)22-18/h1-9,25H,10H2,(H2,20,21,22). The van der Waals surface area contributed by atoms with Crippen LogP contribution in [-0.4, -0.2) is 24.9 Å². The van der Waals surface area contributed by atoms with E-state index in [2.05, 4.69) is 15.1 Å². The molecule has 0 saturated heterocycles. The van der Waals surface area contributed by atoms with E-state index in [4.69, 9.17) is 5.73 Å². The van der Waals surface area contributed by atoms with Crippen LogP contribution in [0.25, 0.3) is 22.4 Å². The van der Waals surface area contributed by atoms with Crippen molar-refractivity contribution >= 4 is 16.7 Å². The van der Waals surface area contributed by atoms with E-state index in [1.54, 1.807) is 22.9 Å². The number of anilines is 1. The Morgan fingerprint density at radius 1 is 1.08 bits per heavy atom. The minimum absolute atomic E-state index is 0.0160. The van der Waals surface area contributed by atoms with Crippen molar-refractivity contribution in [3.8, 4) is 17.3 Å². The predicted molar refractivity (Wildman–Crippen MR) is 92.3 cm³/mol. The van der Waals surface area contributed by atoms with Crippen LogP contribution in [0, 0.1) is 5.82 Å². The van der Waals surface area contributed by atoms with E-state index in [-0.39, 0.29) is 23.9 Å². The highest BCUT2D eigenvalue weighted by Crippen LogP contribution is 2.28. The maximum absolute atomic E-state index is 14.0. The lowest BCUT2D eigenvalue weighted by atomic mass is 10.2. The molecule has 0 aliphatic carbocycles. The fourth-order valence-corrected chi connectivity index (χ4v) is 2.70. The van der Waals surface area contributed by atoms with Crippen molar-refractivity contribution in [2.75, 3.05) is 5.73 Å². The summed E-state index contributed by atoms with van der Waals surface area (Å²) in [5.41, 5.74) is 7.56. The molecule has 4 rings (SSSR count). The van der Waals surface area contributed by atoms with Gasteiger partial charge in [-0.15, -0.1) is 0 Å². The van der Waals surface area contributed by atoms with Crippen molar-refractivity contribution in [1.82, 2.24) is 19.7 Å². The zero-order chi connectivity index (χ0) is 17.4. The fraction of sp³-hybridized carbons (Fsp3) is 0.0556. The number of nitrogens with zero attached hydrogens (tertiary/aromatic N) is 4. The average Bonchev–Trinajstić information content (AvgIpc) is 2.98. The molecular weight excluding hydrogens is 321 g/mol. The molecule has 4 aromatic rings. The highest BCUT2D eigenvalue weighted by atomic mass is 19.1. The van der Waals surface area contributed by atoms with Crippen molar-refractivity contribution in [3.63, 3.8) is 0 Å². The van der Waals surface area contributed by atoms with Crippen molar-refractivity contribution in [3.05, 3.63) is 66.1 Å². The number of hydrogen-bond acceptors (Lipinski definition) is 5. The van der Waals surface area contributed by atoms with Gasteiger partial charge in [0.25, 0.3) is 0 Å². The Morgan fingerprint density at radius 3 is 2.64 bits per heavy atom. The normalized spacial score (nSPS) is 11.1. The lowest BCUT2D eigenvalue weighted by molar-refractivity contribution is 0.473. The maximum atomic E-state index is 14.0. The number of nitrogen functional groups attached to an aromatic ring is 1. The molecule has 0 atom stereocenters. The summed E-state index contributed by atoms with van der Waals surface area (Å²) in [6.07, 6.45) is 1.24. The second-order valence-electron chi connectivity index (χ2n) is 5.58. The molecular formula is C18H14FN5O. The van der Waals surface area contributed by atoms with Gasteiger partial charge >= 0.3 is 0 Å². The highest BCUT2D eigenvalue weighted by molar-refractivity contribution is 5.91. The first-order valence-corrected chi connectivity index (χ1v) is 7.64. The molecule has 25 heavy (non-hydrogen) atoms. The average molecular weight is 335 g/mol. The number of rotatable bonds is 3. The van der Waals surface area contributed by atoms with Gasteiger partial charge in [0, 0.05) is 10.9 Å². The first-order chi connectivity index (χ1) is 12.1. The van der Waals surface area contributed by atoms with Crippen LogP contribution >= 0.6 is 0 Å². The Balaban J connectivity index is 1.87. The van der Waals surface area contributed by atoms with Crippen LogP contribution < -0.4 is 5.73 Å². The van der Waals surface area contributed by atoms with E-state index in [1.165, 1.54) is 12.3 Å². The fourth-order valence-electron chi connectivity index (χ4n) is 2.70. The van der Waals surface area contributed by atoms with Crippen molar-refractivity contribution < 1.29 is 9.50 Å². The molecule has 3 N–H and O–H groups in total. The predicted octanol–water partition coefficient (Wildman–Crippen LogP) is 2.97.